The van der Waals surface area contributed by atoms with Gasteiger partial charge in [0.2, 0.25) is 5.91 Å². The normalized spacial score (nSPS) is 10.1. The molecule has 1 aromatic heterocycles. The van der Waals surface area contributed by atoms with E-state index in [9.17, 15) is 19.2 Å². The van der Waals surface area contributed by atoms with Crippen molar-refractivity contribution in [1.29, 1.82) is 0 Å². The molecule has 0 aliphatic rings. The van der Waals surface area contributed by atoms with Crippen LogP contribution in [0.15, 0.2) is 52.0 Å². The zero-order chi connectivity index (χ0) is 19.6. The lowest BCUT2D eigenvalue weighted by Crippen LogP contribution is -2.37. The summed E-state index contributed by atoms with van der Waals surface area (Å²) in [5.41, 5.74) is 5.00. The van der Waals surface area contributed by atoms with Gasteiger partial charge in [0.1, 0.15) is 5.76 Å². The van der Waals surface area contributed by atoms with Crippen molar-refractivity contribution < 1.29 is 28.3 Å². The molecule has 2 aromatic rings. The number of esters is 1. The molecule has 9 nitrogen and oxygen atoms in total. The Morgan fingerprint density at radius 1 is 1.07 bits per heavy atom. The van der Waals surface area contributed by atoms with Gasteiger partial charge < -0.3 is 20.2 Å². The predicted octanol–water partition coefficient (Wildman–Crippen LogP) is 1.04. The van der Waals surface area contributed by atoms with Gasteiger partial charge in [-0.2, -0.15) is 0 Å². The molecule has 0 radical (unpaired) electrons. The lowest BCUT2D eigenvalue weighted by molar-refractivity contribution is -0.123. The lowest BCUT2D eigenvalue weighted by Gasteiger charge is -2.09. The summed E-state index contributed by atoms with van der Waals surface area (Å²) in [7, 11) is 0. The first kappa shape index (κ1) is 20.0. The number of rotatable bonds is 8. The Kier molecular flexibility index (Phi) is 7.44. The Balaban J connectivity index is 1.86. The third-order valence-electron chi connectivity index (χ3n) is 3.10. The molecule has 142 valence electrons. The fraction of sp³-hybridized carbons (Fsp3) is 0.176. The number of urea groups is 1. The lowest BCUT2D eigenvalue weighted by atomic mass is 10.2. The van der Waals surface area contributed by atoms with E-state index in [0.29, 0.717) is 10.7 Å². The van der Waals surface area contributed by atoms with Gasteiger partial charge in [0, 0.05) is 4.90 Å². The topological polar surface area (TPSA) is 141 Å². The smallest absolute Gasteiger partial charge is 0.339 e. The van der Waals surface area contributed by atoms with E-state index in [1.165, 1.54) is 12.3 Å². The number of carbonyl (C=O) groups excluding carboxylic acids is 4. The number of primary amides is 1. The molecule has 0 spiro atoms. The molecule has 0 unspecified atom stereocenters. The van der Waals surface area contributed by atoms with Crippen LogP contribution in [0.4, 0.5) is 4.79 Å². The highest BCUT2D eigenvalue weighted by molar-refractivity contribution is 8.00. The first-order valence-electron chi connectivity index (χ1n) is 7.73. The Bertz CT molecular complexity index is 822. The van der Waals surface area contributed by atoms with Crippen LogP contribution >= 0.6 is 11.8 Å². The number of hydrogen-bond donors (Lipinski definition) is 3. The maximum atomic E-state index is 12.1. The zero-order valence-corrected chi connectivity index (χ0v) is 14.9. The van der Waals surface area contributed by atoms with Crippen LogP contribution in [0.25, 0.3) is 0 Å². The van der Waals surface area contributed by atoms with Gasteiger partial charge in [0.25, 0.3) is 5.91 Å². The second kappa shape index (κ2) is 10.0. The molecule has 10 heteroatoms. The second-order valence-electron chi connectivity index (χ2n) is 5.13. The summed E-state index contributed by atoms with van der Waals surface area (Å²) in [5, 5.41) is 4.48. The predicted molar refractivity (Wildman–Crippen MR) is 95.7 cm³/mol. The highest BCUT2D eigenvalue weighted by Gasteiger charge is 2.16. The van der Waals surface area contributed by atoms with Gasteiger partial charge in [-0.15, -0.1) is 11.8 Å². The standard InChI is InChI=1S/C17H17N3O6S/c18-17(24)20-14(21)9-26-16(23)12-5-1-2-6-13(12)27-10-15(22)19-8-11-4-3-7-25-11/h1-7H,8-10H2,(H,19,22)(H3,18,20,21,24). The maximum Gasteiger partial charge on any atom is 0.339 e. The molecule has 0 atom stereocenters. The van der Waals surface area contributed by atoms with Crippen molar-refractivity contribution in [3.63, 3.8) is 0 Å². The monoisotopic (exact) mass is 391 g/mol. The number of ether oxygens (including phenoxy) is 1. The fourth-order valence-electron chi connectivity index (χ4n) is 1.94. The van der Waals surface area contributed by atoms with Crippen LogP contribution in [-0.2, 0) is 20.9 Å². The average Bonchev–Trinajstić information content (AvgIpc) is 3.16. The molecule has 0 bridgehead atoms. The molecular weight excluding hydrogens is 374 g/mol. The summed E-state index contributed by atoms with van der Waals surface area (Å²) < 4.78 is 9.97. The number of amides is 4. The molecule has 27 heavy (non-hydrogen) atoms. The third-order valence-corrected chi connectivity index (χ3v) is 4.18. The van der Waals surface area contributed by atoms with Gasteiger partial charge in [-0.3, -0.25) is 14.9 Å². The van der Waals surface area contributed by atoms with Gasteiger partial charge in [-0.1, -0.05) is 12.1 Å². The van der Waals surface area contributed by atoms with Crippen molar-refractivity contribution in [1.82, 2.24) is 10.6 Å². The molecule has 0 aliphatic carbocycles. The van der Waals surface area contributed by atoms with Crippen molar-refractivity contribution in [2.24, 2.45) is 5.73 Å². The van der Waals surface area contributed by atoms with Crippen molar-refractivity contribution in [3.8, 4) is 0 Å². The highest BCUT2D eigenvalue weighted by atomic mass is 32.2. The molecule has 0 aliphatic heterocycles. The molecule has 0 saturated heterocycles. The Morgan fingerprint density at radius 3 is 2.56 bits per heavy atom. The van der Waals surface area contributed by atoms with E-state index in [-0.39, 0.29) is 23.8 Å². The second-order valence-corrected chi connectivity index (χ2v) is 6.15. The van der Waals surface area contributed by atoms with Gasteiger partial charge in [-0.05, 0) is 24.3 Å². The van der Waals surface area contributed by atoms with Crippen LogP contribution in [0.1, 0.15) is 16.1 Å². The summed E-state index contributed by atoms with van der Waals surface area (Å²) in [4.78, 5) is 46.4. The molecule has 0 saturated carbocycles. The van der Waals surface area contributed by atoms with Crippen LogP contribution in [0, 0.1) is 0 Å². The summed E-state index contributed by atoms with van der Waals surface area (Å²) in [6, 6.07) is 8.94. The number of thioether (sulfide) groups is 1. The highest BCUT2D eigenvalue weighted by Crippen LogP contribution is 2.23. The molecule has 4 N–H and O–H groups in total. The first-order valence-corrected chi connectivity index (χ1v) is 8.71. The molecular formula is C17H17N3O6S. The molecule has 2 rings (SSSR count). The van der Waals surface area contributed by atoms with Gasteiger partial charge in [-0.25, -0.2) is 9.59 Å². The number of carbonyl (C=O) groups is 4. The number of furan rings is 1. The maximum absolute atomic E-state index is 12.1. The van der Waals surface area contributed by atoms with Crippen LogP contribution in [0.3, 0.4) is 0 Å². The average molecular weight is 391 g/mol. The molecule has 0 fully saturated rings. The van der Waals surface area contributed by atoms with Gasteiger partial charge >= 0.3 is 12.0 Å². The first-order chi connectivity index (χ1) is 13.0. The number of nitrogens with two attached hydrogens (primary N) is 1. The minimum absolute atomic E-state index is 0.0766. The third kappa shape index (κ3) is 6.86. The van der Waals surface area contributed by atoms with E-state index in [1.54, 1.807) is 35.6 Å². The largest absolute Gasteiger partial charge is 0.467 e. The minimum Gasteiger partial charge on any atom is -0.467 e. The van der Waals surface area contributed by atoms with Crippen molar-refractivity contribution in [2.75, 3.05) is 12.4 Å². The van der Waals surface area contributed by atoms with Crippen molar-refractivity contribution >= 4 is 35.6 Å². The Labute approximate surface area is 158 Å². The van der Waals surface area contributed by atoms with Crippen LogP contribution in [0.5, 0.6) is 0 Å². The van der Waals surface area contributed by atoms with Crippen LogP contribution in [-0.4, -0.2) is 36.2 Å². The minimum atomic E-state index is -1.03. The number of nitrogens with one attached hydrogen (secondary N) is 2. The van der Waals surface area contributed by atoms with E-state index < -0.39 is 24.5 Å². The van der Waals surface area contributed by atoms with Gasteiger partial charge in [0.05, 0.1) is 24.1 Å². The Morgan fingerprint density at radius 2 is 1.85 bits per heavy atom. The van der Waals surface area contributed by atoms with Crippen LogP contribution < -0.4 is 16.4 Å². The van der Waals surface area contributed by atoms with E-state index in [0.717, 1.165) is 11.8 Å². The SMILES string of the molecule is NC(=O)NC(=O)COC(=O)c1ccccc1SCC(=O)NCc1ccco1. The summed E-state index contributed by atoms with van der Waals surface area (Å²) in [6.07, 6.45) is 1.52. The summed E-state index contributed by atoms with van der Waals surface area (Å²) >= 11 is 1.15. The summed E-state index contributed by atoms with van der Waals surface area (Å²) in [5.74, 6) is -1.12. The quantitative estimate of drug-likeness (QED) is 0.451. The number of hydrogen-bond acceptors (Lipinski definition) is 7. The summed E-state index contributed by atoms with van der Waals surface area (Å²) in [6.45, 7) is -0.380. The number of imide groups is 1. The number of benzene rings is 1. The van der Waals surface area contributed by atoms with Crippen molar-refractivity contribution in [2.45, 2.75) is 11.4 Å². The fourth-order valence-corrected chi connectivity index (χ4v) is 2.81. The van der Waals surface area contributed by atoms with E-state index in [1.807, 2.05) is 0 Å². The Hall–Kier alpha value is -3.27. The molecule has 1 heterocycles. The van der Waals surface area contributed by atoms with E-state index in [4.69, 9.17) is 14.9 Å². The van der Waals surface area contributed by atoms with E-state index >= 15 is 0 Å². The van der Waals surface area contributed by atoms with E-state index in [2.05, 4.69) is 5.32 Å². The van der Waals surface area contributed by atoms with Gasteiger partial charge in [0.15, 0.2) is 6.61 Å². The van der Waals surface area contributed by atoms with Crippen molar-refractivity contribution in [3.05, 3.63) is 54.0 Å². The molecule has 1 aromatic carbocycles. The molecule has 4 amide bonds. The zero-order valence-electron chi connectivity index (χ0n) is 14.1. The van der Waals surface area contributed by atoms with Crippen LogP contribution in [0.2, 0.25) is 0 Å².